The van der Waals surface area contributed by atoms with E-state index in [1.165, 1.54) is 7.11 Å². The number of nitrogens with one attached hydrogen (secondary N) is 1. The average Bonchev–Trinajstić information content (AvgIpc) is 2.79. The zero-order valence-electron chi connectivity index (χ0n) is 12.0. The highest BCUT2D eigenvalue weighted by Crippen LogP contribution is 2.25. The lowest BCUT2D eigenvalue weighted by Gasteiger charge is -2.17. The number of anilines is 1. The van der Waals surface area contributed by atoms with Crippen molar-refractivity contribution in [1.29, 1.82) is 0 Å². The fourth-order valence-electron chi connectivity index (χ4n) is 2.37. The molecule has 1 unspecified atom stereocenters. The van der Waals surface area contributed by atoms with E-state index in [0.717, 1.165) is 16.8 Å². The lowest BCUT2D eigenvalue weighted by molar-refractivity contribution is -0.138. The Morgan fingerprint density at radius 2 is 2.05 bits per heavy atom. The molecule has 108 valence electrons. The zero-order chi connectivity index (χ0) is 14.7. The summed E-state index contributed by atoms with van der Waals surface area (Å²) in [6.45, 7) is 4.36. The zero-order valence-corrected chi connectivity index (χ0v) is 12.0. The summed E-state index contributed by atoms with van der Waals surface area (Å²) in [6.07, 6.45) is 0.669. The minimum absolute atomic E-state index is 0.0504. The van der Waals surface area contributed by atoms with Crippen molar-refractivity contribution in [2.24, 2.45) is 0 Å². The molecule has 1 atom stereocenters. The molecule has 1 aliphatic heterocycles. The molecule has 0 spiro atoms. The SMILES string of the molecule is COCC(=O)c1cc(C)c(NC2CCOC2=O)c(C)c1. The van der Waals surface area contributed by atoms with Crippen molar-refractivity contribution in [1.82, 2.24) is 0 Å². The predicted octanol–water partition coefficient (Wildman–Crippen LogP) is 1.86. The molecule has 1 aromatic rings. The van der Waals surface area contributed by atoms with E-state index in [-0.39, 0.29) is 24.4 Å². The second-order valence-electron chi connectivity index (χ2n) is 4.99. The molecule has 2 rings (SSSR count). The normalized spacial score (nSPS) is 17.9. The molecule has 0 bridgehead atoms. The molecule has 1 N–H and O–H groups in total. The Kier molecular flexibility index (Phi) is 4.39. The molecule has 1 aliphatic rings. The van der Waals surface area contributed by atoms with Crippen LogP contribution in [0.25, 0.3) is 0 Å². The molecule has 5 nitrogen and oxygen atoms in total. The number of Topliss-reactive ketones (excluding diaryl/α,β-unsaturated/α-hetero) is 1. The highest BCUT2D eigenvalue weighted by molar-refractivity contribution is 5.98. The third kappa shape index (κ3) is 2.99. The van der Waals surface area contributed by atoms with Gasteiger partial charge in [-0.2, -0.15) is 0 Å². The molecule has 0 saturated carbocycles. The summed E-state index contributed by atoms with van der Waals surface area (Å²) < 4.78 is 9.80. The van der Waals surface area contributed by atoms with Crippen LogP contribution in [0.4, 0.5) is 5.69 Å². The van der Waals surface area contributed by atoms with Gasteiger partial charge >= 0.3 is 5.97 Å². The molecule has 1 fully saturated rings. The maximum atomic E-state index is 11.8. The Hall–Kier alpha value is -1.88. The summed E-state index contributed by atoms with van der Waals surface area (Å²) in [6, 6.07) is 3.33. The van der Waals surface area contributed by atoms with E-state index in [0.29, 0.717) is 18.6 Å². The first-order chi connectivity index (χ1) is 9.52. The van der Waals surface area contributed by atoms with Crippen LogP contribution in [0.15, 0.2) is 12.1 Å². The minimum atomic E-state index is -0.298. The van der Waals surface area contributed by atoms with Crippen LogP contribution in [0.5, 0.6) is 0 Å². The first-order valence-electron chi connectivity index (χ1n) is 6.59. The predicted molar refractivity (Wildman–Crippen MR) is 75.1 cm³/mol. The molecule has 0 aliphatic carbocycles. The van der Waals surface area contributed by atoms with Gasteiger partial charge in [-0.25, -0.2) is 4.79 Å². The number of carbonyl (C=O) groups is 2. The smallest absolute Gasteiger partial charge is 0.328 e. The molecule has 0 aromatic heterocycles. The third-order valence-corrected chi connectivity index (χ3v) is 3.38. The Bertz CT molecular complexity index is 516. The lowest BCUT2D eigenvalue weighted by Crippen LogP contribution is -2.25. The molecule has 1 aromatic carbocycles. The van der Waals surface area contributed by atoms with Crippen LogP contribution in [0.3, 0.4) is 0 Å². The molecule has 0 radical (unpaired) electrons. The topological polar surface area (TPSA) is 64.6 Å². The fraction of sp³-hybridized carbons (Fsp3) is 0.467. The van der Waals surface area contributed by atoms with E-state index in [1.807, 2.05) is 26.0 Å². The van der Waals surface area contributed by atoms with Gasteiger partial charge in [-0.15, -0.1) is 0 Å². The second kappa shape index (κ2) is 6.05. The Labute approximate surface area is 118 Å². The highest BCUT2D eigenvalue weighted by atomic mass is 16.5. The van der Waals surface area contributed by atoms with E-state index in [9.17, 15) is 9.59 Å². The fourth-order valence-corrected chi connectivity index (χ4v) is 2.37. The average molecular weight is 277 g/mol. The van der Waals surface area contributed by atoms with Crippen LogP contribution >= 0.6 is 0 Å². The number of carbonyl (C=O) groups excluding carboxylic acids is 2. The number of ketones is 1. The van der Waals surface area contributed by atoms with Crippen LogP contribution in [-0.2, 0) is 14.3 Å². The van der Waals surface area contributed by atoms with Crippen molar-refractivity contribution in [2.75, 3.05) is 25.6 Å². The molecule has 20 heavy (non-hydrogen) atoms. The maximum Gasteiger partial charge on any atom is 0.328 e. The summed E-state index contributed by atoms with van der Waals surface area (Å²) in [5.74, 6) is -0.270. The quantitative estimate of drug-likeness (QED) is 0.657. The van der Waals surface area contributed by atoms with Crippen molar-refractivity contribution < 1.29 is 19.1 Å². The van der Waals surface area contributed by atoms with Gasteiger partial charge in [0.05, 0.1) is 6.61 Å². The van der Waals surface area contributed by atoms with Gasteiger partial charge in [0.2, 0.25) is 0 Å². The largest absolute Gasteiger partial charge is 0.464 e. The van der Waals surface area contributed by atoms with Crippen molar-refractivity contribution in [3.05, 3.63) is 28.8 Å². The van der Waals surface area contributed by atoms with Crippen LogP contribution in [-0.4, -0.2) is 38.1 Å². The van der Waals surface area contributed by atoms with E-state index in [1.54, 1.807) is 0 Å². The number of rotatable bonds is 5. The van der Waals surface area contributed by atoms with Gasteiger partial charge in [0, 0.05) is 24.8 Å². The van der Waals surface area contributed by atoms with Gasteiger partial charge in [-0.05, 0) is 37.1 Å². The molecule has 1 heterocycles. The number of hydrogen-bond acceptors (Lipinski definition) is 5. The van der Waals surface area contributed by atoms with Crippen LogP contribution in [0, 0.1) is 13.8 Å². The molecular weight excluding hydrogens is 258 g/mol. The summed E-state index contributed by atoms with van der Waals surface area (Å²) in [5.41, 5.74) is 3.39. The van der Waals surface area contributed by atoms with Crippen molar-refractivity contribution in [3.63, 3.8) is 0 Å². The second-order valence-corrected chi connectivity index (χ2v) is 4.99. The molecule has 0 amide bonds. The van der Waals surface area contributed by atoms with Gasteiger partial charge in [-0.3, -0.25) is 4.79 Å². The molecule has 1 saturated heterocycles. The van der Waals surface area contributed by atoms with Crippen molar-refractivity contribution in [2.45, 2.75) is 26.3 Å². The van der Waals surface area contributed by atoms with E-state index < -0.39 is 0 Å². The number of aryl methyl sites for hydroxylation is 2. The van der Waals surface area contributed by atoms with E-state index in [2.05, 4.69) is 5.32 Å². The van der Waals surface area contributed by atoms with Gasteiger partial charge < -0.3 is 14.8 Å². The first kappa shape index (κ1) is 14.5. The summed E-state index contributed by atoms with van der Waals surface area (Å²) in [5, 5.41) is 3.21. The summed E-state index contributed by atoms with van der Waals surface area (Å²) in [4.78, 5) is 23.3. The Morgan fingerprint density at radius 3 is 2.55 bits per heavy atom. The van der Waals surface area contributed by atoms with Crippen LogP contribution in [0.1, 0.15) is 27.9 Å². The van der Waals surface area contributed by atoms with Crippen molar-refractivity contribution in [3.8, 4) is 0 Å². The van der Waals surface area contributed by atoms with Crippen LogP contribution in [0.2, 0.25) is 0 Å². The number of benzene rings is 1. The number of cyclic esters (lactones) is 1. The molecular formula is C15H19NO4. The Balaban J connectivity index is 2.22. The summed E-state index contributed by atoms with van der Waals surface area (Å²) in [7, 11) is 1.50. The summed E-state index contributed by atoms with van der Waals surface area (Å²) >= 11 is 0. The molecule has 5 heteroatoms. The van der Waals surface area contributed by atoms with Gasteiger partial charge in [0.1, 0.15) is 12.6 Å². The number of esters is 1. The highest BCUT2D eigenvalue weighted by Gasteiger charge is 2.27. The number of methoxy groups -OCH3 is 1. The standard InChI is InChI=1S/C15H19NO4/c1-9-6-11(13(17)8-19-3)7-10(2)14(9)16-12-4-5-20-15(12)18/h6-7,12,16H,4-5,8H2,1-3H3. The lowest BCUT2D eigenvalue weighted by atomic mass is 10.0. The number of ether oxygens (including phenoxy) is 2. The van der Waals surface area contributed by atoms with Gasteiger partial charge in [0.25, 0.3) is 0 Å². The van der Waals surface area contributed by atoms with Crippen LogP contribution < -0.4 is 5.32 Å². The first-order valence-corrected chi connectivity index (χ1v) is 6.59. The van der Waals surface area contributed by atoms with Gasteiger partial charge in [-0.1, -0.05) is 0 Å². The number of hydrogen-bond donors (Lipinski definition) is 1. The van der Waals surface area contributed by atoms with Gasteiger partial charge in [0.15, 0.2) is 5.78 Å². The van der Waals surface area contributed by atoms with Crippen molar-refractivity contribution >= 4 is 17.4 Å². The monoisotopic (exact) mass is 277 g/mol. The Morgan fingerprint density at radius 1 is 1.40 bits per heavy atom. The minimum Gasteiger partial charge on any atom is -0.464 e. The van der Waals surface area contributed by atoms with E-state index >= 15 is 0 Å². The third-order valence-electron chi connectivity index (χ3n) is 3.38. The maximum absolute atomic E-state index is 11.8. The van der Waals surface area contributed by atoms with E-state index in [4.69, 9.17) is 9.47 Å².